The summed E-state index contributed by atoms with van der Waals surface area (Å²) in [6.45, 7) is 0. The van der Waals surface area contributed by atoms with Crippen molar-refractivity contribution in [3.05, 3.63) is 271 Å². The quantitative estimate of drug-likeness (QED) is 0.167. The second-order valence-corrected chi connectivity index (χ2v) is 20.9. The minimum atomic E-state index is -0.386. The molecule has 0 radical (unpaired) electrons. The Labute approximate surface area is 436 Å². The summed E-state index contributed by atoms with van der Waals surface area (Å²) in [6, 6.07) is 89.9. The summed E-state index contributed by atoms with van der Waals surface area (Å²) in [5.41, 5.74) is 21.4. The Morgan fingerprint density at radius 3 is 1.47 bits per heavy atom. The van der Waals surface area contributed by atoms with E-state index in [4.69, 9.17) is 19.4 Å². The number of rotatable bonds is 6. The van der Waals surface area contributed by atoms with Gasteiger partial charge in [-0.15, -0.1) is 11.3 Å². The van der Waals surface area contributed by atoms with Crippen molar-refractivity contribution in [2.75, 3.05) is 0 Å². The third-order valence-electron chi connectivity index (χ3n) is 15.8. The highest BCUT2D eigenvalue weighted by Crippen LogP contribution is 2.63. The predicted octanol–water partition coefficient (Wildman–Crippen LogP) is 18.5. The van der Waals surface area contributed by atoms with Crippen molar-refractivity contribution in [3.8, 4) is 89.8 Å². The molecule has 75 heavy (non-hydrogen) atoms. The second kappa shape index (κ2) is 16.2. The van der Waals surface area contributed by atoms with Gasteiger partial charge >= 0.3 is 0 Å². The van der Waals surface area contributed by atoms with Crippen LogP contribution in [0.4, 0.5) is 0 Å². The van der Waals surface area contributed by atoms with Crippen LogP contribution in [0.5, 0.6) is 0 Å². The molecule has 0 atom stereocenters. The lowest BCUT2D eigenvalue weighted by atomic mass is 9.70. The summed E-state index contributed by atoms with van der Waals surface area (Å²) < 4.78 is 9.11. The Balaban J connectivity index is 0.799. The van der Waals surface area contributed by atoms with Gasteiger partial charge in [0, 0.05) is 47.6 Å². The molecule has 2 aliphatic carbocycles. The summed E-state index contributed by atoms with van der Waals surface area (Å²) in [5.74, 6) is 1.81. The highest BCUT2D eigenvalue weighted by molar-refractivity contribution is 7.25. The summed E-state index contributed by atoms with van der Waals surface area (Å²) >= 11 is 1.81. The van der Waals surface area contributed by atoms with Crippen LogP contribution in [0.2, 0.25) is 0 Å². The van der Waals surface area contributed by atoms with Crippen molar-refractivity contribution in [1.29, 1.82) is 0 Å². The molecule has 11 aromatic carbocycles. The molecule has 14 aromatic rings. The summed E-state index contributed by atoms with van der Waals surface area (Å²) in [5, 5.41) is 4.40. The van der Waals surface area contributed by atoms with Gasteiger partial charge in [-0.05, 0) is 126 Å². The molecule has 0 unspecified atom stereocenters. The standard InChI is InChI=1S/C70H41N3OS/c1-2-13-42(14-3-1)43-29-31-46(32-30-43)67-71-68(49-35-38-65-56(40-49)54-18-7-11-24-64(54)75-65)73-69(72-67)55-19-12-23-63-66(55)57-39-47(34-37-62(57)74-63)44-25-27-45(28-26-44)48-33-36-53-52-17-6-10-22-60(52)70(61(53)41-48)58-20-8-4-15-50(58)51-16-5-9-21-59(51)70/h1-41H. The third kappa shape index (κ3) is 6.32. The molecular formula is C70H41N3OS. The van der Waals surface area contributed by atoms with E-state index in [1.165, 1.54) is 75.8 Å². The topological polar surface area (TPSA) is 51.8 Å². The van der Waals surface area contributed by atoms with E-state index < -0.39 is 0 Å². The average Bonchev–Trinajstić information content (AvgIpc) is 4.22. The molecule has 0 saturated carbocycles. The van der Waals surface area contributed by atoms with Gasteiger partial charge in [-0.2, -0.15) is 0 Å². The molecule has 0 bridgehead atoms. The SMILES string of the molecule is c1ccc(-c2ccc(-c3nc(-c4ccc5sc6ccccc6c5c4)nc(-c4cccc5oc6ccc(-c7ccc(-c8ccc9c(c8)C8(c%10ccccc%10-c%10ccccc%108)c8ccccc8-9)cc7)cc6c45)n3)cc2)cc1. The maximum absolute atomic E-state index is 6.62. The number of benzene rings is 11. The van der Waals surface area contributed by atoms with Crippen molar-refractivity contribution >= 4 is 53.4 Å². The molecule has 348 valence electrons. The van der Waals surface area contributed by atoms with E-state index in [1.54, 1.807) is 11.3 Å². The fourth-order valence-electron chi connectivity index (χ4n) is 12.4. The lowest BCUT2D eigenvalue weighted by molar-refractivity contribution is 0.669. The van der Waals surface area contributed by atoms with Crippen LogP contribution in [0.25, 0.3) is 132 Å². The van der Waals surface area contributed by atoms with E-state index in [0.717, 1.165) is 60.9 Å². The lowest BCUT2D eigenvalue weighted by Crippen LogP contribution is -2.25. The van der Waals surface area contributed by atoms with Gasteiger partial charge in [0.25, 0.3) is 0 Å². The van der Waals surface area contributed by atoms with Gasteiger partial charge in [-0.1, -0.05) is 200 Å². The highest BCUT2D eigenvalue weighted by Gasteiger charge is 2.51. The molecule has 4 nitrogen and oxygen atoms in total. The van der Waals surface area contributed by atoms with Crippen LogP contribution in [-0.4, -0.2) is 15.0 Å². The highest BCUT2D eigenvalue weighted by atomic mass is 32.1. The minimum Gasteiger partial charge on any atom is -0.456 e. The van der Waals surface area contributed by atoms with Crippen LogP contribution in [-0.2, 0) is 5.41 Å². The first kappa shape index (κ1) is 42.0. The van der Waals surface area contributed by atoms with Gasteiger partial charge in [-0.25, -0.2) is 15.0 Å². The van der Waals surface area contributed by atoms with E-state index in [1.807, 2.05) is 18.2 Å². The van der Waals surface area contributed by atoms with E-state index in [9.17, 15) is 0 Å². The third-order valence-corrected chi connectivity index (χ3v) is 17.0. The largest absolute Gasteiger partial charge is 0.456 e. The first-order valence-corrected chi connectivity index (χ1v) is 26.3. The summed E-state index contributed by atoms with van der Waals surface area (Å²) in [4.78, 5) is 15.8. The smallest absolute Gasteiger partial charge is 0.164 e. The molecule has 2 aliphatic rings. The van der Waals surface area contributed by atoms with E-state index in [0.29, 0.717) is 17.5 Å². The van der Waals surface area contributed by atoms with Crippen LogP contribution in [0.15, 0.2) is 253 Å². The fourth-order valence-corrected chi connectivity index (χ4v) is 13.5. The van der Waals surface area contributed by atoms with Gasteiger partial charge < -0.3 is 4.42 Å². The lowest BCUT2D eigenvalue weighted by Gasteiger charge is -2.30. The Morgan fingerprint density at radius 2 is 0.760 bits per heavy atom. The molecule has 0 N–H and O–H groups in total. The molecule has 0 saturated heterocycles. The molecular weight excluding hydrogens is 931 g/mol. The fraction of sp³-hybridized carbons (Fsp3) is 0.0143. The van der Waals surface area contributed by atoms with Crippen molar-refractivity contribution in [3.63, 3.8) is 0 Å². The van der Waals surface area contributed by atoms with Crippen molar-refractivity contribution in [1.82, 2.24) is 15.0 Å². The number of fused-ring (bicyclic) bond motifs is 16. The van der Waals surface area contributed by atoms with Crippen LogP contribution < -0.4 is 0 Å². The van der Waals surface area contributed by atoms with E-state index in [2.05, 4.69) is 231 Å². The predicted molar refractivity (Wildman–Crippen MR) is 309 cm³/mol. The molecule has 3 heterocycles. The van der Waals surface area contributed by atoms with Crippen LogP contribution in [0.1, 0.15) is 22.3 Å². The molecule has 3 aromatic heterocycles. The Morgan fingerprint density at radius 1 is 0.280 bits per heavy atom. The van der Waals surface area contributed by atoms with E-state index in [-0.39, 0.29) is 5.41 Å². The average molecular weight is 972 g/mol. The van der Waals surface area contributed by atoms with Gasteiger partial charge in [0.15, 0.2) is 17.5 Å². The molecule has 16 rings (SSSR count). The number of hydrogen-bond acceptors (Lipinski definition) is 5. The zero-order valence-corrected chi connectivity index (χ0v) is 41.1. The van der Waals surface area contributed by atoms with E-state index >= 15 is 0 Å². The Hall–Kier alpha value is -9.55. The molecule has 1 spiro atoms. The minimum absolute atomic E-state index is 0.386. The van der Waals surface area contributed by atoms with Crippen LogP contribution in [0, 0.1) is 0 Å². The number of hydrogen-bond donors (Lipinski definition) is 0. The van der Waals surface area contributed by atoms with Crippen LogP contribution >= 0.6 is 11.3 Å². The van der Waals surface area contributed by atoms with Gasteiger partial charge in [0.05, 0.1) is 5.41 Å². The Bertz CT molecular complexity index is 4580. The maximum atomic E-state index is 6.62. The Kier molecular flexibility index (Phi) is 9.09. The van der Waals surface area contributed by atoms with Crippen LogP contribution in [0.3, 0.4) is 0 Å². The van der Waals surface area contributed by atoms with Crippen molar-refractivity contribution < 1.29 is 4.42 Å². The number of furan rings is 1. The summed E-state index contributed by atoms with van der Waals surface area (Å²) in [6.07, 6.45) is 0. The number of aromatic nitrogens is 3. The molecule has 0 aliphatic heterocycles. The monoisotopic (exact) mass is 971 g/mol. The zero-order valence-electron chi connectivity index (χ0n) is 40.3. The van der Waals surface area contributed by atoms with Gasteiger partial charge in [-0.3, -0.25) is 0 Å². The maximum Gasteiger partial charge on any atom is 0.164 e. The second-order valence-electron chi connectivity index (χ2n) is 19.8. The normalized spacial score (nSPS) is 12.9. The van der Waals surface area contributed by atoms with Gasteiger partial charge in [0.2, 0.25) is 0 Å². The van der Waals surface area contributed by atoms with Gasteiger partial charge in [0.1, 0.15) is 11.2 Å². The molecule has 0 amide bonds. The van der Waals surface area contributed by atoms with Crippen molar-refractivity contribution in [2.45, 2.75) is 5.41 Å². The first-order valence-electron chi connectivity index (χ1n) is 25.5. The zero-order chi connectivity index (χ0) is 49.2. The summed E-state index contributed by atoms with van der Waals surface area (Å²) in [7, 11) is 0. The number of nitrogens with zero attached hydrogens (tertiary/aromatic N) is 3. The van der Waals surface area contributed by atoms with Crippen molar-refractivity contribution in [2.24, 2.45) is 0 Å². The molecule has 5 heteroatoms. The first-order chi connectivity index (χ1) is 37.1. The number of thiophene rings is 1. The molecule has 0 fully saturated rings.